The fraction of sp³-hybridized carbons (Fsp3) is 0.583. The van der Waals surface area contributed by atoms with Gasteiger partial charge in [-0.3, -0.25) is 4.98 Å². The lowest BCUT2D eigenvalue weighted by Crippen LogP contribution is -2.20. The van der Waals surface area contributed by atoms with Crippen molar-refractivity contribution in [3.05, 3.63) is 30.1 Å². The summed E-state index contributed by atoms with van der Waals surface area (Å²) in [5.74, 6) is 0.784. The molecule has 14 heavy (non-hydrogen) atoms. The van der Waals surface area contributed by atoms with Crippen LogP contribution in [0.5, 0.6) is 0 Å². The van der Waals surface area contributed by atoms with Crippen LogP contribution in [-0.2, 0) is 6.42 Å². The molecule has 1 aromatic rings. The van der Waals surface area contributed by atoms with Gasteiger partial charge in [0, 0.05) is 12.4 Å². The Labute approximate surface area is 85.0 Å². The number of hydrogen-bond acceptors (Lipinski definition) is 2. The number of aliphatic hydroxyl groups excluding tert-OH is 1. The zero-order valence-electron chi connectivity index (χ0n) is 8.39. The van der Waals surface area contributed by atoms with Gasteiger partial charge in [-0.2, -0.15) is 0 Å². The summed E-state index contributed by atoms with van der Waals surface area (Å²) in [5.41, 5.74) is 1.19. The molecular weight excluding hydrogens is 174 g/mol. The molecule has 76 valence electrons. The molecule has 0 aliphatic heterocycles. The van der Waals surface area contributed by atoms with Crippen LogP contribution in [0.1, 0.15) is 31.2 Å². The summed E-state index contributed by atoms with van der Waals surface area (Å²) in [6.45, 7) is 0. The predicted octanol–water partition coefficient (Wildman–Crippen LogP) is 2.18. The van der Waals surface area contributed by atoms with Gasteiger partial charge in [0.05, 0.1) is 6.10 Å². The molecule has 0 radical (unpaired) electrons. The van der Waals surface area contributed by atoms with Crippen LogP contribution >= 0.6 is 0 Å². The molecule has 1 unspecified atom stereocenters. The maximum Gasteiger partial charge on any atom is 0.0583 e. The standard InChI is InChI=1S/C12H17NO/c14-12(8-10-2-1-3-10)9-11-4-6-13-7-5-11/h4-7,10,12,14H,1-3,8-9H2. The lowest BCUT2D eigenvalue weighted by molar-refractivity contribution is 0.118. The highest BCUT2D eigenvalue weighted by atomic mass is 16.3. The molecule has 1 saturated carbocycles. The Bertz CT molecular complexity index is 269. The van der Waals surface area contributed by atoms with Gasteiger partial charge in [-0.1, -0.05) is 19.3 Å². The van der Waals surface area contributed by atoms with E-state index >= 15 is 0 Å². The third-order valence-electron chi connectivity index (χ3n) is 3.05. The van der Waals surface area contributed by atoms with E-state index in [9.17, 15) is 5.11 Å². The molecule has 1 aromatic heterocycles. The van der Waals surface area contributed by atoms with Crippen molar-refractivity contribution in [3.63, 3.8) is 0 Å². The number of nitrogens with zero attached hydrogens (tertiary/aromatic N) is 1. The van der Waals surface area contributed by atoms with Gasteiger partial charge in [0.2, 0.25) is 0 Å². The van der Waals surface area contributed by atoms with Gasteiger partial charge in [0.15, 0.2) is 0 Å². The number of aromatic nitrogens is 1. The zero-order valence-corrected chi connectivity index (χ0v) is 8.39. The molecule has 0 spiro atoms. The minimum Gasteiger partial charge on any atom is -0.393 e. The molecule has 1 N–H and O–H groups in total. The van der Waals surface area contributed by atoms with Crippen LogP contribution in [0.4, 0.5) is 0 Å². The molecule has 1 aliphatic carbocycles. The summed E-state index contributed by atoms with van der Waals surface area (Å²) < 4.78 is 0. The fourth-order valence-corrected chi connectivity index (χ4v) is 1.99. The first-order valence-corrected chi connectivity index (χ1v) is 5.41. The SMILES string of the molecule is OC(Cc1ccncc1)CC1CCC1. The van der Waals surface area contributed by atoms with E-state index in [-0.39, 0.29) is 6.10 Å². The van der Waals surface area contributed by atoms with Crippen molar-refractivity contribution in [2.45, 2.75) is 38.2 Å². The first kappa shape index (κ1) is 9.66. The van der Waals surface area contributed by atoms with Crippen LogP contribution in [0.3, 0.4) is 0 Å². The molecule has 0 aromatic carbocycles. The minimum absolute atomic E-state index is 0.164. The predicted molar refractivity (Wildman–Crippen MR) is 55.9 cm³/mol. The summed E-state index contributed by atoms with van der Waals surface area (Å²) in [5, 5.41) is 9.82. The maximum atomic E-state index is 9.82. The lowest BCUT2D eigenvalue weighted by Gasteiger charge is -2.27. The van der Waals surface area contributed by atoms with Crippen molar-refractivity contribution in [2.75, 3.05) is 0 Å². The van der Waals surface area contributed by atoms with Gasteiger partial charge in [0.1, 0.15) is 0 Å². The third kappa shape index (κ3) is 2.55. The number of hydrogen-bond donors (Lipinski definition) is 1. The molecule has 0 bridgehead atoms. The maximum absolute atomic E-state index is 9.82. The topological polar surface area (TPSA) is 33.1 Å². The summed E-state index contributed by atoms with van der Waals surface area (Å²) >= 11 is 0. The minimum atomic E-state index is -0.164. The molecule has 1 atom stereocenters. The Kier molecular flexibility index (Phi) is 3.14. The molecule has 2 nitrogen and oxygen atoms in total. The third-order valence-corrected chi connectivity index (χ3v) is 3.05. The molecule has 1 fully saturated rings. The van der Waals surface area contributed by atoms with Crippen molar-refractivity contribution >= 4 is 0 Å². The van der Waals surface area contributed by atoms with Crippen LogP contribution < -0.4 is 0 Å². The summed E-state index contributed by atoms with van der Waals surface area (Å²) in [6, 6.07) is 3.95. The normalized spacial score (nSPS) is 18.9. The highest BCUT2D eigenvalue weighted by Gasteiger charge is 2.20. The number of rotatable bonds is 4. The second kappa shape index (κ2) is 4.56. The Morgan fingerprint density at radius 1 is 1.36 bits per heavy atom. The quantitative estimate of drug-likeness (QED) is 0.791. The second-order valence-electron chi connectivity index (χ2n) is 4.25. The highest BCUT2D eigenvalue weighted by molar-refractivity contribution is 5.10. The number of pyridine rings is 1. The first-order valence-electron chi connectivity index (χ1n) is 5.41. The van der Waals surface area contributed by atoms with Gasteiger partial charge in [-0.25, -0.2) is 0 Å². The van der Waals surface area contributed by atoms with Crippen molar-refractivity contribution in [2.24, 2.45) is 5.92 Å². The van der Waals surface area contributed by atoms with Gasteiger partial charge < -0.3 is 5.11 Å². The van der Waals surface area contributed by atoms with E-state index in [1.165, 1.54) is 24.8 Å². The van der Waals surface area contributed by atoms with Gasteiger partial charge >= 0.3 is 0 Å². The highest BCUT2D eigenvalue weighted by Crippen LogP contribution is 2.30. The Morgan fingerprint density at radius 3 is 2.64 bits per heavy atom. The largest absolute Gasteiger partial charge is 0.393 e. The Balaban J connectivity index is 1.79. The average molecular weight is 191 g/mol. The van der Waals surface area contributed by atoms with E-state index in [1.54, 1.807) is 12.4 Å². The van der Waals surface area contributed by atoms with Crippen molar-refractivity contribution < 1.29 is 5.11 Å². The molecule has 0 amide bonds. The smallest absolute Gasteiger partial charge is 0.0583 e. The average Bonchev–Trinajstić information content (AvgIpc) is 2.13. The number of aliphatic hydroxyl groups is 1. The molecule has 1 aliphatic rings. The summed E-state index contributed by atoms with van der Waals surface area (Å²) in [6.07, 6.45) is 9.13. The Morgan fingerprint density at radius 2 is 2.07 bits per heavy atom. The molecule has 2 rings (SSSR count). The van der Waals surface area contributed by atoms with E-state index in [2.05, 4.69) is 4.98 Å². The van der Waals surface area contributed by atoms with Gasteiger partial charge in [0.25, 0.3) is 0 Å². The van der Waals surface area contributed by atoms with E-state index in [4.69, 9.17) is 0 Å². The van der Waals surface area contributed by atoms with Crippen LogP contribution in [0.25, 0.3) is 0 Å². The lowest BCUT2D eigenvalue weighted by atomic mass is 9.80. The van der Waals surface area contributed by atoms with Crippen molar-refractivity contribution in [1.29, 1.82) is 0 Å². The fourth-order valence-electron chi connectivity index (χ4n) is 1.99. The summed E-state index contributed by atoms with van der Waals surface area (Å²) in [4.78, 5) is 3.96. The second-order valence-corrected chi connectivity index (χ2v) is 4.25. The first-order chi connectivity index (χ1) is 6.84. The van der Waals surface area contributed by atoms with E-state index < -0.39 is 0 Å². The molecular formula is C12H17NO. The van der Waals surface area contributed by atoms with E-state index in [1.807, 2.05) is 12.1 Å². The van der Waals surface area contributed by atoms with E-state index in [0.717, 1.165) is 18.8 Å². The van der Waals surface area contributed by atoms with Crippen LogP contribution in [-0.4, -0.2) is 16.2 Å². The summed E-state index contributed by atoms with van der Waals surface area (Å²) in [7, 11) is 0. The van der Waals surface area contributed by atoms with E-state index in [0.29, 0.717) is 0 Å². The van der Waals surface area contributed by atoms with Crippen LogP contribution in [0.15, 0.2) is 24.5 Å². The van der Waals surface area contributed by atoms with Crippen molar-refractivity contribution in [3.8, 4) is 0 Å². The zero-order chi connectivity index (χ0) is 9.80. The van der Waals surface area contributed by atoms with Gasteiger partial charge in [-0.15, -0.1) is 0 Å². The Hall–Kier alpha value is -0.890. The molecule has 2 heteroatoms. The van der Waals surface area contributed by atoms with Crippen LogP contribution in [0, 0.1) is 5.92 Å². The molecule has 0 saturated heterocycles. The van der Waals surface area contributed by atoms with Gasteiger partial charge in [-0.05, 0) is 36.5 Å². The van der Waals surface area contributed by atoms with Crippen LogP contribution in [0.2, 0.25) is 0 Å². The molecule has 1 heterocycles. The monoisotopic (exact) mass is 191 g/mol. The van der Waals surface area contributed by atoms with Crippen molar-refractivity contribution in [1.82, 2.24) is 4.98 Å².